The first kappa shape index (κ1) is 13.5. The van der Waals surface area contributed by atoms with E-state index in [2.05, 4.69) is 0 Å². The normalized spacial score (nSPS) is 11.1. The van der Waals surface area contributed by atoms with Gasteiger partial charge in [0.05, 0.1) is 0 Å². The Hall–Kier alpha value is -1.56. The van der Waals surface area contributed by atoms with E-state index in [0.717, 1.165) is 11.3 Å². The molecule has 1 amide bonds. The number of hydrogen-bond donors (Lipinski definition) is 1. The maximum atomic E-state index is 11.7. The summed E-state index contributed by atoms with van der Waals surface area (Å²) in [6.07, 6.45) is -0.503. The van der Waals surface area contributed by atoms with Crippen molar-refractivity contribution in [3.05, 3.63) is 17.0 Å². The van der Waals surface area contributed by atoms with Gasteiger partial charge in [0.25, 0.3) is 0 Å². The summed E-state index contributed by atoms with van der Waals surface area (Å²) in [4.78, 5) is 23.9. The molecule has 0 unspecified atom stereocenters. The van der Waals surface area contributed by atoms with Gasteiger partial charge < -0.3 is 9.84 Å². The lowest BCUT2D eigenvalue weighted by Crippen LogP contribution is -2.33. The molecule has 0 saturated carbocycles. The average Bonchev–Trinajstić information content (AvgIpc) is 2.62. The van der Waals surface area contributed by atoms with E-state index in [-0.39, 0.29) is 4.88 Å². The molecule has 0 aliphatic rings. The van der Waals surface area contributed by atoms with Gasteiger partial charge in [0.2, 0.25) is 0 Å². The minimum absolute atomic E-state index is 0.190. The van der Waals surface area contributed by atoms with E-state index >= 15 is 0 Å². The molecule has 0 aliphatic heterocycles. The molecule has 1 rings (SSSR count). The third-order valence-corrected chi connectivity index (χ3v) is 2.95. The summed E-state index contributed by atoms with van der Waals surface area (Å²) in [6, 6.07) is 3.04. The molecular weight excluding hydrogens is 242 g/mol. The van der Waals surface area contributed by atoms with Crippen molar-refractivity contribution in [2.75, 3.05) is 11.9 Å². The third-order valence-electron chi connectivity index (χ3n) is 1.80. The van der Waals surface area contributed by atoms with Gasteiger partial charge in [0.1, 0.15) is 15.5 Å². The molecule has 0 fully saturated rings. The number of hydrogen-bond acceptors (Lipinski definition) is 4. The van der Waals surface area contributed by atoms with Gasteiger partial charge in [-0.3, -0.25) is 4.90 Å². The zero-order valence-electron chi connectivity index (χ0n) is 10.2. The molecule has 6 heteroatoms. The van der Waals surface area contributed by atoms with Crippen LogP contribution in [0.25, 0.3) is 0 Å². The van der Waals surface area contributed by atoms with Gasteiger partial charge in [0, 0.05) is 7.05 Å². The fourth-order valence-electron chi connectivity index (χ4n) is 1.04. The van der Waals surface area contributed by atoms with E-state index in [9.17, 15) is 9.59 Å². The van der Waals surface area contributed by atoms with Crippen molar-refractivity contribution in [3.8, 4) is 0 Å². The van der Waals surface area contributed by atoms with E-state index in [1.54, 1.807) is 33.9 Å². The first-order chi connectivity index (χ1) is 7.70. The van der Waals surface area contributed by atoms with Gasteiger partial charge in [-0.2, -0.15) is 0 Å². The summed E-state index contributed by atoms with van der Waals surface area (Å²) >= 11 is 1.03. The number of carbonyl (C=O) groups excluding carboxylic acids is 1. The van der Waals surface area contributed by atoms with Crippen LogP contribution < -0.4 is 4.90 Å². The molecule has 0 atom stereocenters. The number of nitrogens with zero attached hydrogens (tertiary/aromatic N) is 1. The zero-order valence-corrected chi connectivity index (χ0v) is 11.0. The summed E-state index contributed by atoms with van der Waals surface area (Å²) < 4.78 is 5.17. The molecular formula is C11H15NO4S. The van der Waals surface area contributed by atoms with Crippen LogP contribution in [0.4, 0.5) is 9.80 Å². The highest BCUT2D eigenvalue weighted by Gasteiger charge is 2.22. The molecule has 1 N–H and O–H groups in total. The van der Waals surface area contributed by atoms with E-state index in [1.807, 2.05) is 0 Å². The first-order valence-electron chi connectivity index (χ1n) is 5.00. The minimum Gasteiger partial charge on any atom is -0.477 e. The van der Waals surface area contributed by atoms with Gasteiger partial charge in [-0.15, -0.1) is 11.3 Å². The highest BCUT2D eigenvalue weighted by molar-refractivity contribution is 7.18. The van der Waals surface area contributed by atoms with Crippen LogP contribution in [0.3, 0.4) is 0 Å². The van der Waals surface area contributed by atoms with E-state index in [0.29, 0.717) is 5.00 Å². The number of rotatable bonds is 2. The van der Waals surface area contributed by atoms with Crippen LogP contribution >= 0.6 is 11.3 Å². The molecule has 0 bridgehead atoms. The number of carboxylic acid groups (broad SMARTS) is 1. The third kappa shape index (κ3) is 3.74. The summed E-state index contributed by atoms with van der Waals surface area (Å²) in [6.45, 7) is 5.32. The van der Waals surface area contributed by atoms with Crippen molar-refractivity contribution in [1.29, 1.82) is 0 Å². The molecule has 94 valence electrons. The molecule has 17 heavy (non-hydrogen) atoms. The lowest BCUT2D eigenvalue weighted by Gasteiger charge is -2.23. The molecule has 1 aromatic rings. The second-order valence-corrected chi connectivity index (χ2v) is 5.54. The Kier molecular flexibility index (Phi) is 3.77. The Morgan fingerprint density at radius 2 is 1.94 bits per heavy atom. The quantitative estimate of drug-likeness (QED) is 0.884. The van der Waals surface area contributed by atoms with Gasteiger partial charge in [0.15, 0.2) is 0 Å². The predicted molar refractivity (Wildman–Crippen MR) is 65.9 cm³/mol. The smallest absolute Gasteiger partial charge is 0.415 e. The van der Waals surface area contributed by atoms with Crippen molar-refractivity contribution < 1.29 is 19.4 Å². The minimum atomic E-state index is -1.00. The Balaban J connectivity index is 2.78. The molecule has 1 heterocycles. The Bertz CT molecular complexity index is 433. The zero-order chi connectivity index (χ0) is 13.2. The van der Waals surface area contributed by atoms with Gasteiger partial charge >= 0.3 is 12.1 Å². The molecule has 0 aliphatic carbocycles. The van der Waals surface area contributed by atoms with Crippen LogP contribution in [0.1, 0.15) is 30.4 Å². The number of amides is 1. The van der Waals surface area contributed by atoms with Crippen LogP contribution in [-0.4, -0.2) is 29.8 Å². The summed E-state index contributed by atoms with van der Waals surface area (Å²) in [7, 11) is 1.55. The van der Waals surface area contributed by atoms with Crippen LogP contribution in [-0.2, 0) is 4.74 Å². The monoisotopic (exact) mass is 257 g/mol. The number of aromatic carboxylic acids is 1. The summed E-state index contributed by atoms with van der Waals surface area (Å²) in [5.74, 6) is -1.00. The highest BCUT2D eigenvalue weighted by atomic mass is 32.1. The van der Waals surface area contributed by atoms with Crippen LogP contribution in [0.5, 0.6) is 0 Å². The number of anilines is 1. The van der Waals surface area contributed by atoms with Crippen molar-refractivity contribution in [2.24, 2.45) is 0 Å². The van der Waals surface area contributed by atoms with Gasteiger partial charge in [-0.05, 0) is 32.9 Å². The highest BCUT2D eigenvalue weighted by Crippen LogP contribution is 2.26. The van der Waals surface area contributed by atoms with Gasteiger partial charge in [-0.1, -0.05) is 0 Å². The molecule has 0 aromatic carbocycles. The van der Waals surface area contributed by atoms with E-state index < -0.39 is 17.7 Å². The van der Waals surface area contributed by atoms with Crippen molar-refractivity contribution in [1.82, 2.24) is 0 Å². The fourth-order valence-corrected chi connectivity index (χ4v) is 1.84. The molecule has 1 aromatic heterocycles. The first-order valence-corrected chi connectivity index (χ1v) is 5.82. The number of carboxylic acids is 1. The largest absolute Gasteiger partial charge is 0.477 e. The summed E-state index contributed by atoms with van der Waals surface area (Å²) in [5.41, 5.74) is -0.571. The van der Waals surface area contributed by atoms with E-state index in [1.165, 1.54) is 11.0 Å². The second kappa shape index (κ2) is 4.75. The topological polar surface area (TPSA) is 66.8 Å². The lowest BCUT2D eigenvalue weighted by molar-refractivity contribution is 0.0589. The SMILES string of the molecule is CN(C(=O)OC(C)(C)C)c1ccc(C(=O)O)s1. The second-order valence-electron chi connectivity index (χ2n) is 4.48. The lowest BCUT2D eigenvalue weighted by atomic mass is 10.2. The van der Waals surface area contributed by atoms with E-state index in [4.69, 9.17) is 9.84 Å². The van der Waals surface area contributed by atoms with Crippen molar-refractivity contribution >= 4 is 28.4 Å². The Morgan fingerprint density at radius 3 is 2.35 bits per heavy atom. The van der Waals surface area contributed by atoms with Crippen molar-refractivity contribution in [3.63, 3.8) is 0 Å². The maximum absolute atomic E-state index is 11.7. The number of carbonyl (C=O) groups is 2. The van der Waals surface area contributed by atoms with Crippen molar-refractivity contribution in [2.45, 2.75) is 26.4 Å². The molecule has 0 spiro atoms. The fraction of sp³-hybridized carbons (Fsp3) is 0.455. The maximum Gasteiger partial charge on any atom is 0.415 e. The number of thiophene rings is 1. The number of ether oxygens (including phenoxy) is 1. The summed E-state index contributed by atoms with van der Waals surface area (Å²) in [5, 5.41) is 9.32. The van der Waals surface area contributed by atoms with Crippen LogP contribution in [0.2, 0.25) is 0 Å². The predicted octanol–water partition coefficient (Wildman–Crippen LogP) is 2.82. The standard InChI is InChI=1S/C11H15NO4S/c1-11(2,3)16-10(15)12(4)8-6-5-7(17-8)9(13)14/h5-6H,1-4H3,(H,13,14). The van der Waals surface area contributed by atoms with Crippen LogP contribution in [0, 0.1) is 0 Å². The molecule has 0 saturated heterocycles. The molecule has 5 nitrogen and oxygen atoms in total. The van der Waals surface area contributed by atoms with Gasteiger partial charge in [-0.25, -0.2) is 9.59 Å². The van der Waals surface area contributed by atoms with Crippen LogP contribution in [0.15, 0.2) is 12.1 Å². The average molecular weight is 257 g/mol. The Morgan fingerprint density at radius 1 is 1.35 bits per heavy atom. The Labute approximate surface area is 104 Å². The molecule has 0 radical (unpaired) electrons.